The number of fused-ring (bicyclic) bond motifs is 1. The van der Waals surface area contributed by atoms with E-state index in [0.717, 1.165) is 24.8 Å². The first-order valence-corrected chi connectivity index (χ1v) is 5.61. The average Bonchev–Trinajstić information content (AvgIpc) is 2.39. The molecule has 0 saturated carbocycles. The lowest BCUT2D eigenvalue weighted by Gasteiger charge is -2.23. The zero-order valence-electron chi connectivity index (χ0n) is 9.48. The Bertz CT molecular complexity index is 335. The zero-order valence-corrected chi connectivity index (χ0v) is 9.48. The number of benzene rings is 1. The van der Waals surface area contributed by atoms with Crippen LogP contribution in [0, 0.1) is 0 Å². The highest BCUT2D eigenvalue weighted by Gasteiger charge is 2.23. The average molecular weight is 205 g/mol. The van der Waals surface area contributed by atoms with E-state index in [-0.39, 0.29) is 6.10 Å². The van der Waals surface area contributed by atoms with Crippen LogP contribution in [0.5, 0.6) is 0 Å². The molecule has 1 N–H and O–H groups in total. The third-order valence-corrected chi connectivity index (χ3v) is 3.39. The van der Waals surface area contributed by atoms with E-state index in [2.05, 4.69) is 37.2 Å². The number of nitrogens with zero attached hydrogens (tertiary/aromatic N) is 1. The summed E-state index contributed by atoms with van der Waals surface area (Å²) in [6, 6.07) is 8.75. The Morgan fingerprint density at radius 3 is 2.73 bits per heavy atom. The van der Waals surface area contributed by atoms with Gasteiger partial charge >= 0.3 is 0 Å². The van der Waals surface area contributed by atoms with Gasteiger partial charge in [0.15, 0.2) is 0 Å². The molecule has 0 bridgehead atoms. The molecule has 15 heavy (non-hydrogen) atoms. The molecular formula is C13H19NO. The van der Waals surface area contributed by atoms with Crippen molar-refractivity contribution >= 4 is 0 Å². The quantitative estimate of drug-likeness (QED) is 0.709. The van der Waals surface area contributed by atoms with E-state index in [4.69, 9.17) is 0 Å². The van der Waals surface area contributed by atoms with E-state index >= 15 is 0 Å². The zero-order chi connectivity index (χ0) is 10.8. The third kappa shape index (κ3) is 2.21. The largest absolute Gasteiger partial charge is 0.388 e. The summed E-state index contributed by atoms with van der Waals surface area (Å²) >= 11 is 0. The van der Waals surface area contributed by atoms with Crippen LogP contribution in [0.3, 0.4) is 0 Å². The van der Waals surface area contributed by atoms with Crippen LogP contribution >= 0.6 is 0 Å². The SMILES string of the molecule is CN(C)C1CCc2ccccc2C(O)C1. The van der Waals surface area contributed by atoms with Gasteiger partial charge in [-0.3, -0.25) is 0 Å². The topological polar surface area (TPSA) is 23.5 Å². The monoisotopic (exact) mass is 205 g/mol. The lowest BCUT2D eigenvalue weighted by Crippen LogP contribution is -2.28. The molecule has 0 aliphatic heterocycles. The molecule has 0 fully saturated rings. The molecule has 1 aromatic carbocycles. The van der Waals surface area contributed by atoms with Gasteiger partial charge in [0.25, 0.3) is 0 Å². The van der Waals surface area contributed by atoms with Crippen molar-refractivity contribution in [2.45, 2.75) is 31.4 Å². The number of aryl methyl sites for hydroxylation is 1. The molecule has 2 rings (SSSR count). The fourth-order valence-corrected chi connectivity index (χ4v) is 2.38. The van der Waals surface area contributed by atoms with Crippen LogP contribution in [-0.4, -0.2) is 30.1 Å². The molecule has 0 aromatic heterocycles. The Labute approximate surface area is 91.5 Å². The van der Waals surface area contributed by atoms with E-state index < -0.39 is 0 Å². The van der Waals surface area contributed by atoms with Gasteiger partial charge in [-0.15, -0.1) is 0 Å². The first kappa shape index (κ1) is 10.7. The second-order valence-electron chi connectivity index (χ2n) is 4.61. The van der Waals surface area contributed by atoms with Gasteiger partial charge in [0.1, 0.15) is 0 Å². The molecule has 0 spiro atoms. The summed E-state index contributed by atoms with van der Waals surface area (Å²) in [6.45, 7) is 0. The minimum Gasteiger partial charge on any atom is -0.388 e. The Morgan fingerprint density at radius 2 is 2.00 bits per heavy atom. The second-order valence-corrected chi connectivity index (χ2v) is 4.61. The van der Waals surface area contributed by atoms with Crippen LogP contribution in [0.1, 0.15) is 30.1 Å². The predicted molar refractivity (Wildman–Crippen MR) is 61.8 cm³/mol. The van der Waals surface area contributed by atoms with Crippen molar-refractivity contribution in [3.8, 4) is 0 Å². The number of aliphatic hydroxyl groups is 1. The highest BCUT2D eigenvalue weighted by molar-refractivity contribution is 5.30. The molecular weight excluding hydrogens is 186 g/mol. The third-order valence-electron chi connectivity index (χ3n) is 3.39. The van der Waals surface area contributed by atoms with Crippen molar-refractivity contribution in [2.24, 2.45) is 0 Å². The second kappa shape index (κ2) is 4.33. The van der Waals surface area contributed by atoms with Crippen molar-refractivity contribution in [1.82, 2.24) is 4.90 Å². The van der Waals surface area contributed by atoms with E-state index in [1.165, 1.54) is 5.56 Å². The summed E-state index contributed by atoms with van der Waals surface area (Å²) in [5.74, 6) is 0. The van der Waals surface area contributed by atoms with Gasteiger partial charge in [0.05, 0.1) is 6.10 Å². The van der Waals surface area contributed by atoms with Crippen LogP contribution < -0.4 is 0 Å². The first-order valence-electron chi connectivity index (χ1n) is 5.61. The van der Waals surface area contributed by atoms with Gasteiger partial charge < -0.3 is 10.0 Å². The lowest BCUT2D eigenvalue weighted by molar-refractivity contribution is 0.126. The smallest absolute Gasteiger partial charge is 0.0807 e. The Morgan fingerprint density at radius 1 is 1.27 bits per heavy atom. The van der Waals surface area contributed by atoms with E-state index in [1.54, 1.807) is 0 Å². The molecule has 1 aliphatic carbocycles. The van der Waals surface area contributed by atoms with Crippen LogP contribution in [0.2, 0.25) is 0 Å². The minimum atomic E-state index is -0.295. The van der Waals surface area contributed by atoms with Gasteiger partial charge in [-0.05, 0) is 44.5 Å². The summed E-state index contributed by atoms with van der Waals surface area (Å²) < 4.78 is 0. The normalized spacial score (nSPS) is 26.1. The number of aliphatic hydroxyl groups excluding tert-OH is 1. The molecule has 2 nitrogen and oxygen atoms in total. The fraction of sp³-hybridized carbons (Fsp3) is 0.538. The Balaban J connectivity index is 2.24. The van der Waals surface area contributed by atoms with E-state index in [9.17, 15) is 5.11 Å². The van der Waals surface area contributed by atoms with Crippen LogP contribution in [-0.2, 0) is 6.42 Å². The minimum absolute atomic E-state index is 0.295. The Kier molecular flexibility index (Phi) is 3.08. The van der Waals surface area contributed by atoms with Crippen molar-refractivity contribution in [2.75, 3.05) is 14.1 Å². The molecule has 0 heterocycles. The summed E-state index contributed by atoms with van der Waals surface area (Å²) in [5, 5.41) is 10.1. The summed E-state index contributed by atoms with van der Waals surface area (Å²) in [5.41, 5.74) is 2.44. The molecule has 1 aliphatic rings. The highest BCUT2D eigenvalue weighted by atomic mass is 16.3. The van der Waals surface area contributed by atoms with E-state index in [0.29, 0.717) is 6.04 Å². The van der Waals surface area contributed by atoms with Crippen molar-refractivity contribution in [3.63, 3.8) is 0 Å². The number of hydrogen-bond acceptors (Lipinski definition) is 2. The Hall–Kier alpha value is -0.860. The molecule has 2 atom stereocenters. The predicted octanol–water partition coefficient (Wildman–Crippen LogP) is 1.99. The maximum atomic E-state index is 10.1. The maximum absolute atomic E-state index is 10.1. The van der Waals surface area contributed by atoms with Crippen LogP contribution in [0.25, 0.3) is 0 Å². The summed E-state index contributed by atoms with van der Waals surface area (Å²) in [6.07, 6.45) is 2.78. The summed E-state index contributed by atoms with van der Waals surface area (Å²) in [4.78, 5) is 2.22. The van der Waals surface area contributed by atoms with E-state index in [1.807, 2.05) is 6.07 Å². The molecule has 2 heteroatoms. The van der Waals surface area contributed by atoms with Gasteiger partial charge in [-0.25, -0.2) is 0 Å². The standard InChI is InChI=1S/C13H19NO/c1-14(2)11-8-7-10-5-3-4-6-12(10)13(15)9-11/h3-6,11,13,15H,7-9H2,1-2H3. The lowest BCUT2D eigenvalue weighted by atomic mass is 10.0. The maximum Gasteiger partial charge on any atom is 0.0807 e. The molecule has 2 unspecified atom stereocenters. The van der Waals surface area contributed by atoms with Gasteiger partial charge in [0.2, 0.25) is 0 Å². The highest BCUT2D eigenvalue weighted by Crippen LogP contribution is 2.29. The van der Waals surface area contributed by atoms with Gasteiger partial charge in [-0.2, -0.15) is 0 Å². The molecule has 0 amide bonds. The van der Waals surface area contributed by atoms with Crippen LogP contribution in [0.4, 0.5) is 0 Å². The van der Waals surface area contributed by atoms with Crippen molar-refractivity contribution in [1.29, 1.82) is 0 Å². The van der Waals surface area contributed by atoms with Crippen molar-refractivity contribution in [3.05, 3.63) is 35.4 Å². The molecule has 82 valence electrons. The fourth-order valence-electron chi connectivity index (χ4n) is 2.38. The molecule has 0 radical (unpaired) electrons. The van der Waals surface area contributed by atoms with Crippen molar-refractivity contribution < 1.29 is 5.11 Å². The van der Waals surface area contributed by atoms with Gasteiger partial charge in [-0.1, -0.05) is 24.3 Å². The number of rotatable bonds is 1. The first-order chi connectivity index (χ1) is 7.18. The summed E-state index contributed by atoms with van der Waals surface area (Å²) in [7, 11) is 4.18. The molecule has 1 aromatic rings. The number of hydrogen-bond donors (Lipinski definition) is 1. The molecule has 0 saturated heterocycles. The van der Waals surface area contributed by atoms with Gasteiger partial charge in [0, 0.05) is 6.04 Å². The van der Waals surface area contributed by atoms with Crippen LogP contribution in [0.15, 0.2) is 24.3 Å².